The van der Waals surface area contributed by atoms with Gasteiger partial charge in [-0.15, -0.1) is 0 Å². The third-order valence-corrected chi connectivity index (χ3v) is 3.02. The molecule has 2 aromatic rings. The summed E-state index contributed by atoms with van der Waals surface area (Å²) in [5, 5.41) is 0.681. The van der Waals surface area contributed by atoms with E-state index >= 15 is 0 Å². The zero-order valence-corrected chi connectivity index (χ0v) is 10.7. The molecule has 2 rings (SSSR count). The van der Waals surface area contributed by atoms with Gasteiger partial charge in [0.2, 0.25) is 0 Å². The van der Waals surface area contributed by atoms with Gasteiger partial charge in [-0.05, 0) is 43.2 Å². The molecule has 2 nitrogen and oxygen atoms in total. The first-order valence-electron chi connectivity index (χ1n) is 5.53. The molecule has 0 saturated carbocycles. The molecule has 1 unspecified atom stereocenters. The third kappa shape index (κ3) is 2.65. The summed E-state index contributed by atoms with van der Waals surface area (Å²) in [5.74, 6) is 0. The average Bonchev–Trinajstić information content (AvgIpc) is 2.27. The molecule has 0 aliphatic carbocycles. The van der Waals surface area contributed by atoms with Crippen LogP contribution in [0.15, 0.2) is 36.4 Å². The summed E-state index contributed by atoms with van der Waals surface area (Å²) in [5.41, 5.74) is 10.1. The molecule has 0 spiro atoms. The number of aryl methyl sites for hydroxylation is 2. The number of aromatic nitrogens is 1. The first-order valence-corrected chi connectivity index (χ1v) is 5.91. The van der Waals surface area contributed by atoms with Crippen LogP contribution in [0.2, 0.25) is 5.02 Å². The van der Waals surface area contributed by atoms with E-state index in [4.69, 9.17) is 17.3 Å². The van der Waals surface area contributed by atoms with Gasteiger partial charge in [0, 0.05) is 10.7 Å². The number of hydrogen-bond donors (Lipinski definition) is 1. The Morgan fingerprint density at radius 1 is 1.18 bits per heavy atom. The van der Waals surface area contributed by atoms with Crippen LogP contribution in [0.3, 0.4) is 0 Å². The van der Waals surface area contributed by atoms with Gasteiger partial charge in [0.25, 0.3) is 0 Å². The molecule has 0 bridgehead atoms. The van der Waals surface area contributed by atoms with Crippen LogP contribution in [0.25, 0.3) is 0 Å². The summed E-state index contributed by atoms with van der Waals surface area (Å²) < 4.78 is 0. The van der Waals surface area contributed by atoms with E-state index in [2.05, 4.69) is 4.98 Å². The zero-order valence-electron chi connectivity index (χ0n) is 9.94. The Morgan fingerprint density at radius 3 is 2.53 bits per heavy atom. The Bertz CT molecular complexity index is 517. The highest BCUT2D eigenvalue weighted by atomic mass is 35.5. The average molecular weight is 247 g/mol. The first kappa shape index (κ1) is 12.1. The van der Waals surface area contributed by atoms with Crippen molar-refractivity contribution in [1.82, 2.24) is 4.98 Å². The van der Waals surface area contributed by atoms with E-state index < -0.39 is 0 Å². The lowest BCUT2D eigenvalue weighted by atomic mass is 10.0. The molecule has 1 aromatic carbocycles. The molecule has 0 fully saturated rings. The highest BCUT2D eigenvalue weighted by Gasteiger charge is 2.13. The largest absolute Gasteiger partial charge is 0.319 e. The van der Waals surface area contributed by atoms with E-state index in [0.29, 0.717) is 5.02 Å². The maximum absolute atomic E-state index is 6.21. The molecule has 2 N–H and O–H groups in total. The fourth-order valence-corrected chi connectivity index (χ4v) is 2.17. The van der Waals surface area contributed by atoms with Crippen molar-refractivity contribution in [3.05, 3.63) is 63.9 Å². The molecule has 0 saturated heterocycles. The van der Waals surface area contributed by atoms with Gasteiger partial charge < -0.3 is 5.73 Å². The normalized spacial score (nSPS) is 12.5. The first-order chi connectivity index (χ1) is 8.08. The van der Waals surface area contributed by atoms with E-state index in [1.54, 1.807) is 0 Å². The van der Waals surface area contributed by atoms with Gasteiger partial charge >= 0.3 is 0 Å². The molecule has 3 heteroatoms. The van der Waals surface area contributed by atoms with Gasteiger partial charge in [-0.1, -0.05) is 29.8 Å². The predicted molar refractivity (Wildman–Crippen MR) is 71.2 cm³/mol. The summed E-state index contributed by atoms with van der Waals surface area (Å²) in [6.45, 7) is 4.01. The minimum absolute atomic E-state index is 0.276. The minimum atomic E-state index is -0.276. The van der Waals surface area contributed by atoms with Crippen LogP contribution in [0, 0.1) is 13.8 Å². The topological polar surface area (TPSA) is 38.9 Å². The SMILES string of the molecule is Cc1cc(C)nc(C(N)c2ccccc2Cl)c1. The van der Waals surface area contributed by atoms with Crippen LogP contribution < -0.4 is 5.73 Å². The fraction of sp³-hybridized carbons (Fsp3) is 0.214. The molecular weight excluding hydrogens is 232 g/mol. The number of nitrogens with two attached hydrogens (primary N) is 1. The summed E-state index contributed by atoms with van der Waals surface area (Å²) >= 11 is 6.14. The van der Waals surface area contributed by atoms with E-state index in [1.165, 1.54) is 0 Å². The summed E-state index contributed by atoms with van der Waals surface area (Å²) in [6, 6.07) is 11.4. The Labute approximate surface area is 106 Å². The van der Waals surface area contributed by atoms with Crippen molar-refractivity contribution in [1.29, 1.82) is 0 Å². The number of benzene rings is 1. The molecule has 1 heterocycles. The third-order valence-electron chi connectivity index (χ3n) is 2.68. The smallest absolute Gasteiger partial charge is 0.0741 e. The molecule has 0 aliphatic rings. The van der Waals surface area contributed by atoms with Gasteiger partial charge in [-0.25, -0.2) is 0 Å². The van der Waals surface area contributed by atoms with Gasteiger partial charge in [0.05, 0.1) is 11.7 Å². The van der Waals surface area contributed by atoms with Crippen LogP contribution in [0.5, 0.6) is 0 Å². The van der Waals surface area contributed by atoms with Crippen LogP contribution in [0.1, 0.15) is 28.6 Å². The maximum atomic E-state index is 6.21. The second-order valence-electron chi connectivity index (χ2n) is 4.21. The predicted octanol–water partition coefficient (Wildman–Crippen LogP) is 3.40. The van der Waals surface area contributed by atoms with E-state index in [1.807, 2.05) is 50.2 Å². The van der Waals surface area contributed by atoms with E-state index in [-0.39, 0.29) is 6.04 Å². The molecule has 88 valence electrons. The molecule has 0 radical (unpaired) electrons. The van der Waals surface area contributed by atoms with Crippen LogP contribution in [-0.4, -0.2) is 4.98 Å². The Balaban J connectivity index is 2.43. The maximum Gasteiger partial charge on any atom is 0.0741 e. The van der Waals surface area contributed by atoms with Gasteiger partial charge in [-0.2, -0.15) is 0 Å². The second kappa shape index (κ2) is 4.86. The number of nitrogens with zero attached hydrogens (tertiary/aromatic N) is 1. The number of halogens is 1. The van der Waals surface area contributed by atoms with Crippen LogP contribution >= 0.6 is 11.6 Å². The summed E-state index contributed by atoms with van der Waals surface area (Å²) in [4.78, 5) is 4.47. The van der Waals surface area contributed by atoms with Crippen molar-refractivity contribution in [2.75, 3.05) is 0 Å². The van der Waals surface area contributed by atoms with Gasteiger partial charge in [-0.3, -0.25) is 4.98 Å². The number of hydrogen-bond acceptors (Lipinski definition) is 2. The molecule has 1 aromatic heterocycles. The Kier molecular flexibility index (Phi) is 3.46. The van der Waals surface area contributed by atoms with Crippen LogP contribution in [-0.2, 0) is 0 Å². The van der Waals surface area contributed by atoms with E-state index in [0.717, 1.165) is 22.5 Å². The van der Waals surface area contributed by atoms with Gasteiger partial charge in [0.15, 0.2) is 0 Å². The quantitative estimate of drug-likeness (QED) is 0.882. The standard InChI is InChI=1S/C14H15ClN2/c1-9-7-10(2)17-13(8-9)14(16)11-5-3-4-6-12(11)15/h3-8,14H,16H2,1-2H3. The molecule has 0 amide bonds. The molecular formula is C14H15ClN2. The monoisotopic (exact) mass is 246 g/mol. The molecule has 17 heavy (non-hydrogen) atoms. The minimum Gasteiger partial charge on any atom is -0.319 e. The van der Waals surface area contributed by atoms with Crippen molar-refractivity contribution >= 4 is 11.6 Å². The Morgan fingerprint density at radius 2 is 1.88 bits per heavy atom. The highest BCUT2D eigenvalue weighted by Crippen LogP contribution is 2.25. The summed E-state index contributed by atoms with van der Waals surface area (Å²) in [6.07, 6.45) is 0. The lowest BCUT2D eigenvalue weighted by Crippen LogP contribution is -2.14. The lowest BCUT2D eigenvalue weighted by Gasteiger charge is -2.14. The van der Waals surface area contributed by atoms with Crippen molar-refractivity contribution in [3.63, 3.8) is 0 Å². The molecule has 0 aliphatic heterocycles. The van der Waals surface area contributed by atoms with Crippen molar-refractivity contribution in [2.24, 2.45) is 5.73 Å². The van der Waals surface area contributed by atoms with Crippen molar-refractivity contribution in [2.45, 2.75) is 19.9 Å². The van der Waals surface area contributed by atoms with Crippen molar-refractivity contribution in [3.8, 4) is 0 Å². The van der Waals surface area contributed by atoms with Gasteiger partial charge in [0.1, 0.15) is 0 Å². The molecule has 1 atom stereocenters. The van der Waals surface area contributed by atoms with E-state index in [9.17, 15) is 0 Å². The second-order valence-corrected chi connectivity index (χ2v) is 4.62. The van der Waals surface area contributed by atoms with Crippen molar-refractivity contribution < 1.29 is 0 Å². The lowest BCUT2D eigenvalue weighted by molar-refractivity contribution is 0.819. The zero-order chi connectivity index (χ0) is 12.4. The number of rotatable bonds is 2. The fourth-order valence-electron chi connectivity index (χ4n) is 1.92. The number of pyridine rings is 1. The summed E-state index contributed by atoms with van der Waals surface area (Å²) in [7, 11) is 0. The van der Waals surface area contributed by atoms with Crippen LogP contribution in [0.4, 0.5) is 0 Å². The highest BCUT2D eigenvalue weighted by molar-refractivity contribution is 6.31. The Hall–Kier alpha value is -1.38.